The summed E-state index contributed by atoms with van der Waals surface area (Å²) in [6.45, 7) is 7.20. The van der Waals surface area contributed by atoms with Crippen molar-refractivity contribution in [1.82, 2.24) is 5.32 Å². The van der Waals surface area contributed by atoms with Crippen LogP contribution >= 0.6 is 0 Å². The molecule has 0 aliphatic rings. The normalized spacial score (nSPS) is 12.6. The Balaban J connectivity index is 1.82. The molecule has 0 spiro atoms. The van der Waals surface area contributed by atoms with E-state index in [1.807, 2.05) is 19.1 Å². The van der Waals surface area contributed by atoms with Gasteiger partial charge in [0, 0.05) is 0 Å². The lowest BCUT2D eigenvalue weighted by Crippen LogP contribution is -2.20. The molecule has 0 bridgehead atoms. The number of rotatable bonds is 5. The van der Waals surface area contributed by atoms with Gasteiger partial charge in [-0.15, -0.1) is 0 Å². The maximum atomic E-state index is 5.60. The van der Waals surface area contributed by atoms with E-state index in [4.69, 9.17) is 4.42 Å². The summed E-state index contributed by atoms with van der Waals surface area (Å²) in [4.78, 5) is 0. The zero-order chi connectivity index (χ0) is 13.0. The molecule has 1 N–H and O–H groups in total. The fraction of sp³-hybridized carbons (Fsp3) is 0.375. The molecule has 1 heterocycles. The number of furan rings is 1. The van der Waals surface area contributed by atoms with Crippen LogP contribution in [-0.2, 0) is 6.42 Å². The van der Waals surface area contributed by atoms with Crippen molar-refractivity contribution in [2.24, 2.45) is 0 Å². The Labute approximate surface area is 109 Å². The summed E-state index contributed by atoms with van der Waals surface area (Å²) >= 11 is 0. The van der Waals surface area contributed by atoms with E-state index in [-0.39, 0.29) is 6.04 Å². The predicted octanol–water partition coefficient (Wildman–Crippen LogP) is 3.79. The standard InChI is InChI=1S/C16H21NO/c1-12-5-4-6-15(11-12)9-10-17-14(3)16-8-7-13(2)18-16/h4-8,11,14,17H,9-10H2,1-3H3. The highest BCUT2D eigenvalue weighted by atomic mass is 16.3. The molecule has 2 rings (SSSR count). The van der Waals surface area contributed by atoms with Crippen molar-refractivity contribution in [3.8, 4) is 0 Å². The predicted molar refractivity (Wildman–Crippen MR) is 74.7 cm³/mol. The summed E-state index contributed by atoms with van der Waals surface area (Å²) in [6.07, 6.45) is 1.05. The van der Waals surface area contributed by atoms with E-state index in [0.29, 0.717) is 0 Å². The highest BCUT2D eigenvalue weighted by Crippen LogP contribution is 2.15. The number of hydrogen-bond acceptors (Lipinski definition) is 2. The molecule has 2 aromatic rings. The molecule has 1 aromatic heterocycles. The zero-order valence-electron chi connectivity index (χ0n) is 11.4. The van der Waals surface area contributed by atoms with Gasteiger partial charge in [0.25, 0.3) is 0 Å². The van der Waals surface area contributed by atoms with Crippen LogP contribution in [0.1, 0.15) is 35.6 Å². The monoisotopic (exact) mass is 243 g/mol. The van der Waals surface area contributed by atoms with Crippen LogP contribution in [0, 0.1) is 13.8 Å². The van der Waals surface area contributed by atoms with Crippen molar-refractivity contribution in [3.05, 3.63) is 59.0 Å². The van der Waals surface area contributed by atoms with Crippen molar-refractivity contribution in [1.29, 1.82) is 0 Å². The highest BCUT2D eigenvalue weighted by molar-refractivity contribution is 5.22. The van der Waals surface area contributed by atoms with Gasteiger partial charge in [-0.2, -0.15) is 0 Å². The second-order valence-electron chi connectivity index (χ2n) is 4.86. The van der Waals surface area contributed by atoms with Crippen LogP contribution in [0.3, 0.4) is 0 Å². The molecular weight excluding hydrogens is 222 g/mol. The maximum Gasteiger partial charge on any atom is 0.120 e. The van der Waals surface area contributed by atoms with Crippen LogP contribution in [-0.4, -0.2) is 6.54 Å². The number of nitrogens with one attached hydrogen (secondary N) is 1. The van der Waals surface area contributed by atoms with Gasteiger partial charge < -0.3 is 9.73 Å². The van der Waals surface area contributed by atoms with Crippen molar-refractivity contribution < 1.29 is 4.42 Å². The summed E-state index contributed by atoms with van der Waals surface area (Å²) in [7, 11) is 0. The van der Waals surface area contributed by atoms with Gasteiger partial charge in [-0.05, 0) is 51.4 Å². The SMILES string of the molecule is Cc1cccc(CCNC(C)c2ccc(C)o2)c1. The van der Waals surface area contributed by atoms with E-state index in [0.717, 1.165) is 24.5 Å². The van der Waals surface area contributed by atoms with Crippen LogP contribution in [0.25, 0.3) is 0 Å². The van der Waals surface area contributed by atoms with Crippen molar-refractivity contribution in [2.75, 3.05) is 6.54 Å². The largest absolute Gasteiger partial charge is 0.465 e. The average molecular weight is 243 g/mol. The first-order valence-electron chi connectivity index (χ1n) is 6.50. The van der Waals surface area contributed by atoms with E-state index in [9.17, 15) is 0 Å². The van der Waals surface area contributed by atoms with Crippen molar-refractivity contribution in [3.63, 3.8) is 0 Å². The third-order valence-corrected chi connectivity index (χ3v) is 3.13. The molecule has 0 aliphatic heterocycles. The lowest BCUT2D eigenvalue weighted by molar-refractivity contribution is 0.418. The molecule has 18 heavy (non-hydrogen) atoms. The second kappa shape index (κ2) is 5.87. The number of aryl methyl sites for hydroxylation is 2. The fourth-order valence-corrected chi connectivity index (χ4v) is 2.09. The molecule has 96 valence electrons. The zero-order valence-corrected chi connectivity index (χ0v) is 11.4. The topological polar surface area (TPSA) is 25.2 Å². The minimum atomic E-state index is 0.267. The highest BCUT2D eigenvalue weighted by Gasteiger charge is 2.08. The summed E-state index contributed by atoms with van der Waals surface area (Å²) < 4.78 is 5.60. The van der Waals surface area contributed by atoms with Crippen molar-refractivity contribution in [2.45, 2.75) is 33.2 Å². The number of hydrogen-bond donors (Lipinski definition) is 1. The summed E-state index contributed by atoms with van der Waals surface area (Å²) in [5.74, 6) is 1.98. The molecule has 1 unspecified atom stereocenters. The number of benzene rings is 1. The van der Waals surface area contributed by atoms with Crippen LogP contribution < -0.4 is 5.32 Å². The molecule has 2 heteroatoms. The van der Waals surface area contributed by atoms with E-state index >= 15 is 0 Å². The van der Waals surface area contributed by atoms with Gasteiger partial charge in [0.1, 0.15) is 11.5 Å². The van der Waals surface area contributed by atoms with Gasteiger partial charge in [0.2, 0.25) is 0 Å². The van der Waals surface area contributed by atoms with Gasteiger partial charge in [-0.25, -0.2) is 0 Å². The summed E-state index contributed by atoms with van der Waals surface area (Å²) in [5, 5.41) is 3.49. The van der Waals surface area contributed by atoms with Crippen LogP contribution in [0.4, 0.5) is 0 Å². The Kier molecular flexibility index (Phi) is 4.21. The van der Waals surface area contributed by atoms with Gasteiger partial charge in [-0.3, -0.25) is 0 Å². The average Bonchev–Trinajstić information content (AvgIpc) is 2.76. The van der Waals surface area contributed by atoms with Crippen molar-refractivity contribution >= 4 is 0 Å². The maximum absolute atomic E-state index is 5.60. The van der Waals surface area contributed by atoms with E-state index in [2.05, 4.69) is 43.4 Å². The second-order valence-corrected chi connectivity index (χ2v) is 4.86. The summed E-state index contributed by atoms with van der Waals surface area (Å²) in [6, 6.07) is 13.0. The first-order chi connectivity index (χ1) is 8.65. The van der Waals surface area contributed by atoms with E-state index in [1.54, 1.807) is 0 Å². The molecule has 0 amide bonds. The van der Waals surface area contributed by atoms with Gasteiger partial charge in [0.15, 0.2) is 0 Å². The molecule has 0 radical (unpaired) electrons. The van der Waals surface area contributed by atoms with E-state index in [1.165, 1.54) is 11.1 Å². The van der Waals surface area contributed by atoms with E-state index < -0.39 is 0 Å². The van der Waals surface area contributed by atoms with Gasteiger partial charge in [-0.1, -0.05) is 29.8 Å². The van der Waals surface area contributed by atoms with Gasteiger partial charge >= 0.3 is 0 Å². The van der Waals surface area contributed by atoms with Crippen LogP contribution in [0.5, 0.6) is 0 Å². The smallest absolute Gasteiger partial charge is 0.120 e. The minimum Gasteiger partial charge on any atom is -0.465 e. The Morgan fingerprint density at radius 3 is 2.67 bits per heavy atom. The molecule has 0 aliphatic carbocycles. The Hall–Kier alpha value is -1.54. The quantitative estimate of drug-likeness (QED) is 0.864. The lowest BCUT2D eigenvalue weighted by atomic mass is 10.1. The minimum absolute atomic E-state index is 0.267. The summed E-state index contributed by atoms with van der Waals surface area (Å²) in [5.41, 5.74) is 2.70. The molecule has 0 saturated carbocycles. The molecule has 2 nitrogen and oxygen atoms in total. The Morgan fingerprint density at radius 1 is 1.17 bits per heavy atom. The molecular formula is C16H21NO. The first kappa shape index (κ1) is 12.9. The third kappa shape index (κ3) is 3.47. The molecule has 1 atom stereocenters. The molecule has 0 fully saturated rings. The fourth-order valence-electron chi connectivity index (χ4n) is 2.09. The molecule has 1 aromatic carbocycles. The third-order valence-electron chi connectivity index (χ3n) is 3.13. The van der Waals surface area contributed by atoms with Crippen LogP contribution in [0.2, 0.25) is 0 Å². The van der Waals surface area contributed by atoms with Crippen LogP contribution in [0.15, 0.2) is 40.8 Å². The Bertz CT molecular complexity index is 501. The van der Waals surface area contributed by atoms with Gasteiger partial charge in [0.05, 0.1) is 6.04 Å². The Morgan fingerprint density at radius 2 is 2.00 bits per heavy atom. The molecule has 0 saturated heterocycles. The lowest BCUT2D eigenvalue weighted by Gasteiger charge is -2.11. The first-order valence-corrected chi connectivity index (χ1v) is 6.50.